The van der Waals surface area contributed by atoms with E-state index in [-0.39, 0.29) is 11.0 Å². The second-order valence-electron chi connectivity index (χ2n) is 6.87. The van der Waals surface area contributed by atoms with E-state index < -0.39 is 23.8 Å². The van der Waals surface area contributed by atoms with Gasteiger partial charge in [-0.05, 0) is 48.2 Å². The van der Waals surface area contributed by atoms with Crippen molar-refractivity contribution < 1.29 is 18.7 Å². The maximum Gasteiger partial charge on any atom is 0.339 e. The highest BCUT2D eigenvalue weighted by Crippen LogP contribution is 2.23. The van der Waals surface area contributed by atoms with Crippen LogP contribution in [0.2, 0.25) is 0 Å². The summed E-state index contributed by atoms with van der Waals surface area (Å²) in [6.07, 6.45) is -1.00. The maximum atomic E-state index is 13.1. The van der Waals surface area contributed by atoms with Crippen molar-refractivity contribution >= 4 is 17.6 Å². The van der Waals surface area contributed by atoms with Gasteiger partial charge in [-0.3, -0.25) is 4.79 Å². The van der Waals surface area contributed by atoms with Crippen LogP contribution in [0.3, 0.4) is 0 Å². The minimum atomic E-state index is -1.00. The molecular weight excluding hydrogens is 321 g/mol. The Morgan fingerprint density at radius 1 is 1.08 bits per heavy atom. The molecule has 25 heavy (non-hydrogen) atoms. The van der Waals surface area contributed by atoms with E-state index in [1.165, 1.54) is 25.1 Å². The number of carbonyl (C=O) groups excluding carboxylic acids is 2. The Morgan fingerprint density at radius 2 is 1.72 bits per heavy atom. The molecule has 0 bridgehead atoms. The molecule has 0 aliphatic carbocycles. The summed E-state index contributed by atoms with van der Waals surface area (Å²) in [7, 11) is 0. The predicted molar refractivity (Wildman–Crippen MR) is 95.0 cm³/mol. The molecule has 0 spiro atoms. The summed E-state index contributed by atoms with van der Waals surface area (Å²) in [5.74, 6) is -1.73. The number of amides is 1. The standard InChI is InChI=1S/C20H22FNO3/c1-13(25-19(24)14-6-5-7-16(21)12-14)18(23)22-17-10-8-15(9-11-17)20(2,3)4/h5-13H,1-4H3,(H,22,23)/t13-/m1/s1. The van der Waals surface area contributed by atoms with Gasteiger partial charge in [-0.25, -0.2) is 9.18 Å². The van der Waals surface area contributed by atoms with E-state index in [0.29, 0.717) is 5.69 Å². The lowest BCUT2D eigenvalue weighted by atomic mass is 9.87. The van der Waals surface area contributed by atoms with Crippen molar-refractivity contribution in [1.82, 2.24) is 0 Å². The molecule has 0 radical (unpaired) electrons. The van der Waals surface area contributed by atoms with Crippen molar-refractivity contribution in [3.8, 4) is 0 Å². The van der Waals surface area contributed by atoms with E-state index in [0.717, 1.165) is 11.6 Å². The largest absolute Gasteiger partial charge is 0.449 e. The van der Waals surface area contributed by atoms with Crippen molar-refractivity contribution in [2.45, 2.75) is 39.2 Å². The third-order valence-corrected chi connectivity index (χ3v) is 3.73. The minimum Gasteiger partial charge on any atom is -0.449 e. The zero-order chi connectivity index (χ0) is 18.6. The van der Waals surface area contributed by atoms with Gasteiger partial charge >= 0.3 is 5.97 Å². The molecule has 132 valence electrons. The first kappa shape index (κ1) is 18.6. The van der Waals surface area contributed by atoms with E-state index in [1.807, 2.05) is 12.1 Å². The van der Waals surface area contributed by atoms with Crippen LogP contribution in [0.15, 0.2) is 48.5 Å². The van der Waals surface area contributed by atoms with Gasteiger partial charge in [0.1, 0.15) is 5.82 Å². The normalized spacial score (nSPS) is 12.4. The second-order valence-corrected chi connectivity index (χ2v) is 6.87. The van der Waals surface area contributed by atoms with Crippen LogP contribution in [-0.2, 0) is 14.9 Å². The quantitative estimate of drug-likeness (QED) is 0.842. The Hall–Kier alpha value is -2.69. The Bertz CT molecular complexity index is 763. The van der Waals surface area contributed by atoms with Crippen LogP contribution in [-0.4, -0.2) is 18.0 Å². The number of anilines is 1. The first-order valence-corrected chi connectivity index (χ1v) is 8.05. The zero-order valence-corrected chi connectivity index (χ0v) is 14.8. The van der Waals surface area contributed by atoms with Crippen molar-refractivity contribution in [3.05, 3.63) is 65.5 Å². The van der Waals surface area contributed by atoms with Crippen molar-refractivity contribution in [2.24, 2.45) is 0 Å². The van der Waals surface area contributed by atoms with Gasteiger partial charge in [0, 0.05) is 5.69 Å². The molecule has 2 aromatic rings. The zero-order valence-electron chi connectivity index (χ0n) is 14.8. The molecule has 0 aliphatic rings. The number of rotatable bonds is 4. The van der Waals surface area contributed by atoms with E-state index in [4.69, 9.17) is 4.74 Å². The Labute approximate surface area is 147 Å². The van der Waals surface area contributed by atoms with Gasteiger partial charge in [-0.15, -0.1) is 0 Å². The predicted octanol–water partition coefficient (Wildman–Crippen LogP) is 4.31. The SMILES string of the molecule is C[C@@H](OC(=O)c1cccc(F)c1)C(=O)Nc1ccc(C(C)(C)C)cc1. The lowest BCUT2D eigenvalue weighted by molar-refractivity contribution is -0.123. The molecule has 4 nitrogen and oxygen atoms in total. The van der Waals surface area contributed by atoms with Crippen molar-refractivity contribution in [1.29, 1.82) is 0 Å². The molecule has 1 amide bonds. The Balaban J connectivity index is 1.97. The first-order chi connectivity index (χ1) is 11.7. The maximum absolute atomic E-state index is 13.1. The highest BCUT2D eigenvalue weighted by Gasteiger charge is 2.20. The van der Waals surface area contributed by atoms with E-state index >= 15 is 0 Å². The van der Waals surface area contributed by atoms with Crippen LogP contribution in [0.25, 0.3) is 0 Å². The number of benzene rings is 2. The number of hydrogen-bond donors (Lipinski definition) is 1. The van der Waals surface area contributed by atoms with Crippen LogP contribution < -0.4 is 5.32 Å². The number of carbonyl (C=O) groups is 2. The molecule has 2 rings (SSSR count). The number of hydrogen-bond acceptors (Lipinski definition) is 3. The molecule has 5 heteroatoms. The Kier molecular flexibility index (Phi) is 5.57. The molecule has 0 heterocycles. The molecule has 0 saturated carbocycles. The summed E-state index contributed by atoms with van der Waals surface area (Å²) in [6.45, 7) is 7.79. The lowest BCUT2D eigenvalue weighted by Gasteiger charge is -2.19. The summed E-state index contributed by atoms with van der Waals surface area (Å²) in [5.41, 5.74) is 1.85. The second kappa shape index (κ2) is 7.47. The third-order valence-electron chi connectivity index (χ3n) is 3.73. The average Bonchev–Trinajstić information content (AvgIpc) is 2.54. The summed E-state index contributed by atoms with van der Waals surface area (Å²) < 4.78 is 18.2. The van der Waals surface area contributed by atoms with Gasteiger partial charge in [0.05, 0.1) is 5.56 Å². The summed E-state index contributed by atoms with van der Waals surface area (Å²) in [6, 6.07) is 12.6. The van der Waals surface area contributed by atoms with Crippen LogP contribution in [0.4, 0.5) is 10.1 Å². The van der Waals surface area contributed by atoms with Crippen LogP contribution in [0.1, 0.15) is 43.6 Å². The monoisotopic (exact) mass is 343 g/mol. The van der Waals surface area contributed by atoms with Gasteiger partial charge in [0.25, 0.3) is 5.91 Å². The molecule has 1 N–H and O–H groups in total. The van der Waals surface area contributed by atoms with Gasteiger partial charge < -0.3 is 10.1 Å². The third kappa shape index (κ3) is 5.14. The number of nitrogens with one attached hydrogen (secondary N) is 1. The topological polar surface area (TPSA) is 55.4 Å². The smallest absolute Gasteiger partial charge is 0.339 e. The molecule has 1 atom stereocenters. The molecule has 2 aromatic carbocycles. The van der Waals surface area contributed by atoms with E-state index in [2.05, 4.69) is 26.1 Å². The van der Waals surface area contributed by atoms with Crippen LogP contribution in [0.5, 0.6) is 0 Å². The summed E-state index contributed by atoms with van der Waals surface area (Å²) >= 11 is 0. The fourth-order valence-corrected chi connectivity index (χ4v) is 2.20. The molecule has 0 aliphatic heterocycles. The molecular formula is C20H22FNO3. The van der Waals surface area contributed by atoms with Crippen molar-refractivity contribution in [2.75, 3.05) is 5.32 Å². The number of ether oxygens (including phenoxy) is 1. The number of esters is 1. The van der Waals surface area contributed by atoms with Crippen LogP contribution in [0, 0.1) is 5.82 Å². The van der Waals surface area contributed by atoms with E-state index in [9.17, 15) is 14.0 Å². The van der Waals surface area contributed by atoms with Gasteiger partial charge in [0.15, 0.2) is 6.10 Å². The fraction of sp³-hybridized carbons (Fsp3) is 0.300. The first-order valence-electron chi connectivity index (χ1n) is 8.05. The highest BCUT2D eigenvalue weighted by molar-refractivity contribution is 5.97. The summed E-state index contributed by atoms with van der Waals surface area (Å²) in [4.78, 5) is 24.1. The molecule has 0 unspecified atom stereocenters. The van der Waals surface area contributed by atoms with Gasteiger partial charge in [-0.2, -0.15) is 0 Å². The van der Waals surface area contributed by atoms with E-state index in [1.54, 1.807) is 12.1 Å². The van der Waals surface area contributed by atoms with Gasteiger partial charge in [-0.1, -0.05) is 39.0 Å². The summed E-state index contributed by atoms with van der Waals surface area (Å²) in [5, 5.41) is 2.70. The minimum absolute atomic E-state index is 0.0241. The van der Waals surface area contributed by atoms with Crippen LogP contribution >= 0.6 is 0 Å². The van der Waals surface area contributed by atoms with Gasteiger partial charge in [0.2, 0.25) is 0 Å². The number of halogens is 1. The lowest BCUT2D eigenvalue weighted by Crippen LogP contribution is -2.30. The average molecular weight is 343 g/mol. The molecule has 0 fully saturated rings. The highest BCUT2D eigenvalue weighted by atomic mass is 19.1. The fourth-order valence-electron chi connectivity index (χ4n) is 2.20. The molecule has 0 saturated heterocycles. The Morgan fingerprint density at radius 3 is 2.28 bits per heavy atom. The van der Waals surface area contributed by atoms with Crippen molar-refractivity contribution in [3.63, 3.8) is 0 Å². The molecule has 0 aromatic heterocycles.